The highest BCUT2D eigenvalue weighted by Gasteiger charge is 2.17. The van der Waals surface area contributed by atoms with Gasteiger partial charge >= 0.3 is 0 Å². The molecular weight excluding hydrogens is 401 g/mol. The molecule has 3 aromatic rings. The lowest BCUT2D eigenvalue weighted by Crippen LogP contribution is -2.10. The van der Waals surface area contributed by atoms with Crippen LogP contribution in [0.3, 0.4) is 0 Å². The molecule has 27 heavy (non-hydrogen) atoms. The van der Waals surface area contributed by atoms with Crippen LogP contribution < -0.4 is 4.74 Å². The summed E-state index contributed by atoms with van der Waals surface area (Å²) in [6.45, 7) is 4.11. The van der Waals surface area contributed by atoms with E-state index in [2.05, 4.69) is 29.3 Å². The first-order chi connectivity index (χ1) is 13.0. The molecule has 0 fully saturated rings. The van der Waals surface area contributed by atoms with Gasteiger partial charge in [0, 0.05) is 12.8 Å². The molecule has 3 rings (SSSR count). The summed E-state index contributed by atoms with van der Waals surface area (Å²) in [4.78, 5) is 0. The number of hydrogen-bond acceptors (Lipinski definition) is 4. The van der Waals surface area contributed by atoms with Crippen LogP contribution in [-0.4, -0.2) is 14.8 Å². The molecule has 1 atom stereocenters. The average Bonchev–Trinajstić information content (AvgIpc) is 3.04. The summed E-state index contributed by atoms with van der Waals surface area (Å²) in [6.07, 6.45) is 0.813. The predicted molar refractivity (Wildman–Crippen MR) is 112 cm³/mol. The Morgan fingerprint density at radius 3 is 2.41 bits per heavy atom. The maximum atomic E-state index is 6.08. The summed E-state index contributed by atoms with van der Waals surface area (Å²) >= 11 is 13.6. The van der Waals surface area contributed by atoms with Gasteiger partial charge in [0.1, 0.15) is 5.75 Å². The van der Waals surface area contributed by atoms with E-state index in [1.54, 1.807) is 11.8 Å². The van der Waals surface area contributed by atoms with Crippen LogP contribution in [0.1, 0.15) is 36.9 Å². The quantitative estimate of drug-likeness (QED) is 0.431. The number of benzene rings is 2. The summed E-state index contributed by atoms with van der Waals surface area (Å²) < 4.78 is 7.99. The molecule has 0 saturated carbocycles. The molecule has 0 aliphatic carbocycles. The Bertz CT molecular complexity index is 912. The standard InChI is InChI=1S/C20H21Cl2N3OS/c1-4-14-5-8-16(9-6-14)26-13(2)19-23-24-20(25(19)3)27-12-15-7-10-17(21)18(22)11-15/h5-11,13H,4,12H2,1-3H3/t13-/m1/s1. The maximum Gasteiger partial charge on any atom is 0.191 e. The van der Waals surface area contributed by atoms with E-state index in [1.807, 2.05) is 48.9 Å². The molecule has 0 saturated heterocycles. The van der Waals surface area contributed by atoms with E-state index in [0.29, 0.717) is 10.0 Å². The summed E-state index contributed by atoms with van der Waals surface area (Å²) in [7, 11) is 1.95. The van der Waals surface area contributed by atoms with Gasteiger partial charge in [0.25, 0.3) is 0 Å². The second-order valence-electron chi connectivity index (χ2n) is 6.19. The largest absolute Gasteiger partial charge is 0.483 e. The number of aromatic nitrogens is 3. The summed E-state index contributed by atoms with van der Waals surface area (Å²) in [5, 5.41) is 10.6. The molecule has 0 amide bonds. The highest BCUT2D eigenvalue weighted by atomic mass is 35.5. The van der Waals surface area contributed by atoms with Crippen LogP contribution in [0.2, 0.25) is 10.0 Å². The van der Waals surface area contributed by atoms with Gasteiger partial charge in [-0.15, -0.1) is 10.2 Å². The van der Waals surface area contributed by atoms with Crippen molar-refractivity contribution in [2.75, 3.05) is 0 Å². The molecule has 0 unspecified atom stereocenters. The number of aryl methyl sites for hydroxylation is 1. The van der Waals surface area contributed by atoms with Crippen molar-refractivity contribution >= 4 is 35.0 Å². The molecule has 0 N–H and O–H groups in total. The van der Waals surface area contributed by atoms with Gasteiger partial charge in [-0.25, -0.2) is 0 Å². The van der Waals surface area contributed by atoms with Gasteiger partial charge in [0.15, 0.2) is 17.1 Å². The van der Waals surface area contributed by atoms with Crippen molar-refractivity contribution in [2.45, 2.75) is 37.3 Å². The van der Waals surface area contributed by atoms with Crippen LogP contribution in [0.5, 0.6) is 5.75 Å². The average molecular weight is 422 g/mol. The van der Waals surface area contributed by atoms with Crippen LogP contribution >= 0.6 is 35.0 Å². The molecule has 142 valence electrons. The molecule has 7 heteroatoms. The lowest BCUT2D eigenvalue weighted by molar-refractivity contribution is 0.211. The number of thioether (sulfide) groups is 1. The predicted octanol–water partition coefficient (Wildman–Crippen LogP) is 6.12. The van der Waals surface area contributed by atoms with E-state index in [0.717, 1.165) is 34.5 Å². The van der Waals surface area contributed by atoms with Crippen LogP contribution in [0.4, 0.5) is 0 Å². The summed E-state index contributed by atoms with van der Waals surface area (Å²) in [6, 6.07) is 13.8. The summed E-state index contributed by atoms with van der Waals surface area (Å²) in [5.74, 6) is 2.34. The Morgan fingerprint density at radius 2 is 1.74 bits per heavy atom. The number of ether oxygens (including phenoxy) is 1. The number of nitrogens with zero attached hydrogens (tertiary/aromatic N) is 3. The molecule has 0 radical (unpaired) electrons. The smallest absolute Gasteiger partial charge is 0.191 e. The zero-order valence-electron chi connectivity index (χ0n) is 15.4. The van der Waals surface area contributed by atoms with Gasteiger partial charge < -0.3 is 9.30 Å². The van der Waals surface area contributed by atoms with Gasteiger partial charge in [-0.3, -0.25) is 0 Å². The number of halogens is 2. The Labute approximate surface area is 173 Å². The second-order valence-corrected chi connectivity index (χ2v) is 7.95. The first kappa shape index (κ1) is 20.1. The fourth-order valence-corrected chi connectivity index (χ4v) is 3.83. The topological polar surface area (TPSA) is 39.9 Å². The molecule has 1 aromatic heterocycles. The minimum atomic E-state index is -0.200. The Kier molecular flexibility index (Phi) is 6.68. The van der Waals surface area contributed by atoms with E-state index in [-0.39, 0.29) is 6.10 Å². The van der Waals surface area contributed by atoms with Crippen LogP contribution in [0.25, 0.3) is 0 Å². The fourth-order valence-electron chi connectivity index (χ4n) is 2.64. The van der Waals surface area contributed by atoms with E-state index in [9.17, 15) is 0 Å². The zero-order valence-corrected chi connectivity index (χ0v) is 17.8. The first-order valence-electron chi connectivity index (χ1n) is 8.69. The fraction of sp³-hybridized carbons (Fsp3) is 0.300. The van der Waals surface area contributed by atoms with E-state index in [4.69, 9.17) is 27.9 Å². The highest BCUT2D eigenvalue weighted by molar-refractivity contribution is 7.98. The monoisotopic (exact) mass is 421 g/mol. The van der Waals surface area contributed by atoms with Crippen molar-refractivity contribution in [3.63, 3.8) is 0 Å². The van der Waals surface area contributed by atoms with E-state index < -0.39 is 0 Å². The van der Waals surface area contributed by atoms with Gasteiger partial charge in [-0.1, -0.05) is 60.1 Å². The van der Waals surface area contributed by atoms with Crippen molar-refractivity contribution in [3.8, 4) is 5.75 Å². The normalized spacial score (nSPS) is 12.2. The molecule has 0 spiro atoms. The van der Waals surface area contributed by atoms with Crippen LogP contribution in [0.15, 0.2) is 47.6 Å². The molecule has 4 nitrogen and oxygen atoms in total. The van der Waals surface area contributed by atoms with Crippen molar-refractivity contribution in [2.24, 2.45) is 7.05 Å². The molecule has 2 aromatic carbocycles. The van der Waals surface area contributed by atoms with Gasteiger partial charge in [-0.05, 0) is 48.7 Å². The van der Waals surface area contributed by atoms with Gasteiger partial charge in [-0.2, -0.15) is 0 Å². The third-order valence-electron chi connectivity index (χ3n) is 4.23. The number of hydrogen-bond donors (Lipinski definition) is 0. The van der Waals surface area contributed by atoms with E-state index >= 15 is 0 Å². The lowest BCUT2D eigenvalue weighted by Gasteiger charge is -2.14. The Morgan fingerprint density at radius 1 is 1.04 bits per heavy atom. The molecule has 1 heterocycles. The van der Waals surface area contributed by atoms with Gasteiger partial charge in [0.2, 0.25) is 0 Å². The molecule has 0 aliphatic rings. The zero-order chi connectivity index (χ0) is 19.4. The van der Waals surface area contributed by atoms with Gasteiger partial charge in [0.05, 0.1) is 10.0 Å². The second kappa shape index (κ2) is 9.00. The third-order valence-corrected chi connectivity index (χ3v) is 6.06. The lowest BCUT2D eigenvalue weighted by atomic mass is 10.2. The summed E-state index contributed by atoms with van der Waals surface area (Å²) in [5.41, 5.74) is 2.37. The molecule has 0 bridgehead atoms. The SMILES string of the molecule is CCc1ccc(O[C@H](C)c2nnc(SCc3ccc(Cl)c(Cl)c3)n2C)cc1. The molecule has 0 aliphatic heterocycles. The maximum absolute atomic E-state index is 6.08. The van der Waals surface area contributed by atoms with Crippen molar-refractivity contribution in [1.29, 1.82) is 0 Å². The van der Waals surface area contributed by atoms with Crippen molar-refractivity contribution < 1.29 is 4.74 Å². The Hall–Kier alpha value is -1.69. The third kappa shape index (κ3) is 4.98. The number of rotatable bonds is 7. The van der Waals surface area contributed by atoms with E-state index in [1.165, 1.54) is 5.56 Å². The van der Waals surface area contributed by atoms with Crippen LogP contribution in [0, 0.1) is 0 Å². The minimum Gasteiger partial charge on any atom is -0.483 e. The Balaban J connectivity index is 1.65. The highest BCUT2D eigenvalue weighted by Crippen LogP contribution is 2.28. The van der Waals surface area contributed by atoms with Crippen molar-refractivity contribution in [1.82, 2.24) is 14.8 Å². The molecular formula is C20H21Cl2N3OS. The first-order valence-corrected chi connectivity index (χ1v) is 10.4. The van der Waals surface area contributed by atoms with Crippen LogP contribution in [-0.2, 0) is 19.2 Å². The minimum absolute atomic E-state index is 0.200. The van der Waals surface area contributed by atoms with Crippen molar-refractivity contribution in [3.05, 3.63) is 69.5 Å².